The number of aryl methyl sites for hydroxylation is 2. The van der Waals surface area contributed by atoms with E-state index >= 15 is 0 Å². The molecule has 1 heterocycles. The Morgan fingerprint density at radius 1 is 1.03 bits per heavy atom. The maximum atomic E-state index is 12.6. The van der Waals surface area contributed by atoms with Crippen LogP contribution in [0.5, 0.6) is 0 Å². The number of hydrogen-bond acceptors (Lipinski definition) is 4. The topological polar surface area (TPSA) is 26.3 Å². The number of thiophene rings is 1. The molecule has 0 amide bonds. The van der Waals surface area contributed by atoms with Gasteiger partial charge in [-0.3, -0.25) is 4.79 Å². The van der Waals surface area contributed by atoms with E-state index in [1.165, 1.54) is 85.6 Å². The van der Waals surface area contributed by atoms with Gasteiger partial charge in [0.1, 0.15) is 5.25 Å². The SMILES string of the molecule is CCCCCCCCCCC(Sc1ccc2c3c(sc2c1)CCCC3)C(=O)OCC. The first kappa shape index (κ1) is 23.7. The van der Waals surface area contributed by atoms with Crippen LogP contribution in [0.25, 0.3) is 10.1 Å². The van der Waals surface area contributed by atoms with Gasteiger partial charge in [0.2, 0.25) is 0 Å². The number of ether oxygens (including phenoxy) is 1. The van der Waals surface area contributed by atoms with Crippen molar-refractivity contribution in [3.05, 3.63) is 28.6 Å². The van der Waals surface area contributed by atoms with E-state index in [1.54, 1.807) is 22.2 Å². The lowest BCUT2D eigenvalue weighted by Crippen LogP contribution is -2.20. The Labute approximate surface area is 191 Å². The van der Waals surface area contributed by atoms with Crippen LogP contribution in [-0.4, -0.2) is 17.8 Å². The highest BCUT2D eigenvalue weighted by atomic mass is 32.2. The summed E-state index contributed by atoms with van der Waals surface area (Å²) >= 11 is 3.67. The van der Waals surface area contributed by atoms with E-state index in [0.29, 0.717) is 6.61 Å². The number of carbonyl (C=O) groups is 1. The fraction of sp³-hybridized carbons (Fsp3) is 0.654. The first-order valence-electron chi connectivity index (χ1n) is 12.1. The second-order valence-corrected chi connectivity index (χ2v) is 10.9. The summed E-state index contributed by atoms with van der Waals surface area (Å²) in [6.45, 7) is 4.62. The van der Waals surface area contributed by atoms with Crippen LogP contribution in [0.1, 0.15) is 94.9 Å². The number of fused-ring (bicyclic) bond motifs is 3. The van der Waals surface area contributed by atoms with Gasteiger partial charge in [0, 0.05) is 14.5 Å². The van der Waals surface area contributed by atoms with E-state index in [0.717, 1.165) is 12.8 Å². The van der Waals surface area contributed by atoms with Gasteiger partial charge in [0.15, 0.2) is 0 Å². The molecule has 0 aliphatic heterocycles. The molecule has 166 valence electrons. The Bertz CT molecular complexity index is 796. The van der Waals surface area contributed by atoms with E-state index < -0.39 is 0 Å². The third-order valence-electron chi connectivity index (χ3n) is 6.08. The quantitative estimate of drug-likeness (QED) is 0.176. The molecular weight excluding hydrogens is 408 g/mol. The van der Waals surface area contributed by atoms with Crippen molar-refractivity contribution in [3.63, 3.8) is 0 Å². The molecule has 0 bridgehead atoms. The molecule has 3 rings (SSSR count). The largest absolute Gasteiger partial charge is 0.465 e. The van der Waals surface area contributed by atoms with Crippen molar-refractivity contribution in [3.8, 4) is 0 Å². The molecule has 1 atom stereocenters. The summed E-state index contributed by atoms with van der Waals surface area (Å²) < 4.78 is 6.79. The zero-order valence-corrected chi connectivity index (χ0v) is 20.5. The number of rotatable bonds is 13. The number of esters is 1. The number of carbonyl (C=O) groups excluding carboxylic acids is 1. The Morgan fingerprint density at radius 2 is 1.77 bits per heavy atom. The van der Waals surface area contributed by atoms with E-state index in [-0.39, 0.29) is 11.2 Å². The van der Waals surface area contributed by atoms with E-state index in [4.69, 9.17) is 4.74 Å². The van der Waals surface area contributed by atoms with Crippen molar-refractivity contribution in [2.24, 2.45) is 0 Å². The van der Waals surface area contributed by atoms with Gasteiger partial charge < -0.3 is 4.74 Å². The molecule has 2 nitrogen and oxygen atoms in total. The van der Waals surface area contributed by atoms with Crippen molar-refractivity contribution in [1.82, 2.24) is 0 Å². The third kappa shape index (κ3) is 6.75. The first-order valence-corrected chi connectivity index (χ1v) is 13.8. The maximum absolute atomic E-state index is 12.6. The fourth-order valence-corrected chi connectivity index (χ4v) is 6.92. The zero-order valence-electron chi connectivity index (χ0n) is 18.8. The molecule has 0 fully saturated rings. The van der Waals surface area contributed by atoms with Crippen molar-refractivity contribution >= 4 is 39.2 Å². The minimum absolute atomic E-state index is 0.0454. The van der Waals surface area contributed by atoms with Gasteiger partial charge in [-0.15, -0.1) is 23.1 Å². The monoisotopic (exact) mass is 446 g/mol. The van der Waals surface area contributed by atoms with Gasteiger partial charge in [-0.25, -0.2) is 0 Å². The third-order valence-corrected chi connectivity index (χ3v) is 8.57. The van der Waals surface area contributed by atoms with Crippen LogP contribution >= 0.6 is 23.1 Å². The zero-order chi connectivity index (χ0) is 21.2. The molecule has 1 aromatic carbocycles. The summed E-state index contributed by atoms with van der Waals surface area (Å²) in [4.78, 5) is 15.4. The second-order valence-electron chi connectivity index (χ2n) is 8.49. The maximum Gasteiger partial charge on any atom is 0.319 e. The van der Waals surface area contributed by atoms with Crippen LogP contribution in [0, 0.1) is 0 Å². The number of benzene rings is 1. The summed E-state index contributed by atoms with van der Waals surface area (Å²) in [6.07, 6.45) is 16.4. The smallest absolute Gasteiger partial charge is 0.319 e. The molecule has 0 N–H and O–H groups in total. The highest BCUT2D eigenvalue weighted by molar-refractivity contribution is 8.00. The molecule has 0 saturated heterocycles. The minimum Gasteiger partial charge on any atom is -0.465 e. The van der Waals surface area contributed by atoms with Crippen molar-refractivity contribution in [1.29, 1.82) is 0 Å². The molecular formula is C26H38O2S2. The molecule has 2 aromatic rings. The number of unbranched alkanes of at least 4 members (excludes halogenated alkanes) is 7. The van der Waals surface area contributed by atoms with Gasteiger partial charge in [-0.05, 0) is 62.1 Å². The molecule has 1 aromatic heterocycles. The molecule has 1 aliphatic carbocycles. The molecule has 1 unspecified atom stereocenters. The molecule has 4 heteroatoms. The van der Waals surface area contributed by atoms with Gasteiger partial charge in [0.05, 0.1) is 6.61 Å². The molecule has 0 spiro atoms. The average Bonchev–Trinajstić information content (AvgIpc) is 3.12. The lowest BCUT2D eigenvalue weighted by molar-refractivity contribution is -0.142. The van der Waals surface area contributed by atoms with E-state index in [1.807, 2.05) is 18.3 Å². The van der Waals surface area contributed by atoms with E-state index in [2.05, 4.69) is 25.1 Å². The lowest BCUT2D eigenvalue weighted by atomic mass is 9.96. The van der Waals surface area contributed by atoms with Crippen LogP contribution in [0.15, 0.2) is 23.1 Å². The van der Waals surface area contributed by atoms with Gasteiger partial charge in [0.25, 0.3) is 0 Å². The molecule has 0 saturated carbocycles. The van der Waals surface area contributed by atoms with Crippen LogP contribution in [0.2, 0.25) is 0 Å². The Kier molecular flexibility index (Phi) is 10.1. The minimum atomic E-state index is -0.0860. The highest BCUT2D eigenvalue weighted by Gasteiger charge is 2.22. The molecule has 0 radical (unpaired) electrons. The van der Waals surface area contributed by atoms with E-state index in [9.17, 15) is 4.79 Å². The van der Waals surface area contributed by atoms with Crippen molar-refractivity contribution in [2.75, 3.05) is 6.61 Å². The van der Waals surface area contributed by atoms with Crippen molar-refractivity contribution < 1.29 is 9.53 Å². The van der Waals surface area contributed by atoms with Gasteiger partial charge >= 0.3 is 5.97 Å². The predicted molar refractivity (Wildman–Crippen MR) is 132 cm³/mol. The predicted octanol–water partition coefficient (Wildman–Crippen LogP) is 8.33. The average molecular weight is 447 g/mol. The van der Waals surface area contributed by atoms with Crippen LogP contribution in [-0.2, 0) is 22.4 Å². The van der Waals surface area contributed by atoms with Gasteiger partial charge in [-0.2, -0.15) is 0 Å². The highest BCUT2D eigenvalue weighted by Crippen LogP contribution is 2.39. The molecule has 1 aliphatic rings. The van der Waals surface area contributed by atoms with Crippen molar-refractivity contribution in [2.45, 2.75) is 107 Å². The normalized spacial score (nSPS) is 14.6. The summed E-state index contributed by atoms with van der Waals surface area (Å²) in [5, 5.41) is 1.35. The standard InChI is InChI=1S/C26H38O2S2/c1-3-5-6-7-8-9-10-11-16-24(26(27)28-4-2)29-20-17-18-22-21-14-12-13-15-23(21)30-25(22)19-20/h17-19,24H,3-16H2,1-2H3. The summed E-state index contributed by atoms with van der Waals surface area (Å²) in [6, 6.07) is 6.81. The summed E-state index contributed by atoms with van der Waals surface area (Å²) in [7, 11) is 0. The Morgan fingerprint density at radius 3 is 2.53 bits per heavy atom. The summed E-state index contributed by atoms with van der Waals surface area (Å²) in [5.41, 5.74) is 1.58. The molecule has 30 heavy (non-hydrogen) atoms. The Hall–Kier alpha value is -1.00. The number of thioether (sulfide) groups is 1. The second kappa shape index (κ2) is 12.8. The van der Waals surface area contributed by atoms with Crippen LogP contribution in [0.4, 0.5) is 0 Å². The van der Waals surface area contributed by atoms with Crippen LogP contribution in [0.3, 0.4) is 0 Å². The van der Waals surface area contributed by atoms with Crippen LogP contribution < -0.4 is 0 Å². The Balaban J connectivity index is 1.55. The fourth-order valence-electron chi connectivity index (χ4n) is 4.41. The first-order chi connectivity index (χ1) is 14.7. The van der Waals surface area contributed by atoms with Gasteiger partial charge in [-0.1, -0.05) is 64.4 Å². The number of hydrogen-bond donors (Lipinski definition) is 0. The lowest BCUT2D eigenvalue weighted by Gasteiger charge is -2.15. The summed E-state index contributed by atoms with van der Waals surface area (Å²) in [5.74, 6) is -0.0454.